The summed E-state index contributed by atoms with van der Waals surface area (Å²) < 4.78 is 0. The molecule has 0 aromatic heterocycles. The lowest BCUT2D eigenvalue weighted by Crippen LogP contribution is -2.44. The number of benzene rings is 1. The van der Waals surface area contributed by atoms with Gasteiger partial charge in [-0.3, -0.25) is 14.4 Å². The highest BCUT2D eigenvalue weighted by Crippen LogP contribution is 2.49. The summed E-state index contributed by atoms with van der Waals surface area (Å²) in [6, 6.07) is 6.50. The number of carbonyl (C=O) groups is 3. The van der Waals surface area contributed by atoms with Gasteiger partial charge in [-0.1, -0.05) is 23.8 Å². The predicted octanol–water partition coefficient (Wildman–Crippen LogP) is 3.04. The number of hydrogen-bond acceptors (Lipinski definition) is 3. The monoisotopic (exact) mass is 343 g/mol. The number of halogens is 1. The Balaban J connectivity index is 1.78. The number of ketones is 2. The maximum Gasteiger partial charge on any atom is 0.295 e. The molecule has 1 saturated heterocycles. The van der Waals surface area contributed by atoms with Crippen molar-refractivity contribution in [2.45, 2.75) is 25.8 Å². The van der Waals surface area contributed by atoms with Crippen LogP contribution >= 0.6 is 11.6 Å². The van der Waals surface area contributed by atoms with E-state index < -0.39 is 17.6 Å². The van der Waals surface area contributed by atoms with Crippen LogP contribution in [0.25, 0.3) is 0 Å². The van der Waals surface area contributed by atoms with Crippen molar-refractivity contribution in [3.05, 3.63) is 41.4 Å². The lowest BCUT2D eigenvalue weighted by Gasteiger charge is -2.34. The second-order valence-corrected chi connectivity index (χ2v) is 7.48. The molecule has 124 valence electrons. The molecule has 1 amide bonds. The van der Waals surface area contributed by atoms with E-state index in [0.29, 0.717) is 22.5 Å². The van der Waals surface area contributed by atoms with Crippen molar-refractivity contribution in [1.82, 2.24) is 0 Å². The van der Waals surface area contributed by atoms with Gasteiger partial charge in [-0.15, -0.1) is 0 Å². The maximum absolute atomic E-state index is 12.7. The molecule has 5 atom stereocenters. The van der Waals surface area contributed by atoms with Crippen molar-refractivity contribution in [2.75, 3.05) is 4.90 Å². The summed E-state index contributed by atoms with van der Waals surface area (Å²) in [5.74, 6) is -1.23. The van der Waals surface area contributed by atoms with Gasteiger partial charge in [0.2, 0.25) is 5.78 Å². The van der Waals surface area contributed by atoms with E-state index in [1.54, 1.807) is 29.2 Å². The third-order valence-corrected chi connectivity index (χ3v) is 5.92. The molecule has 0 N–H and O–H groups in total. The molecule has 0 radical (unpaired) electrons. The van der Waals surface area contributed by atoms with Crippen molar-refractivity contribution in [3.63, 3.8) is 0 Å². The fourth-order valence-corrected chi connectivity index (χ4v) is 4.79. The Labute approximate surface area is 145 Å². The molecule has 5 heteroatoms. The first-order valence-electron chi connectivity index (χ1n) is 8.29. The minimum absolute atomic E-state index is 0.153. The van der Waals surface area contributed by atoms with Gasteiger partial charge in [-0.05, 0) is 61.8 Å². The highest BCUT2D eigenvalue weighted by atomic mass is 35.5. The average molecular weight is 344 g/mol. The predicted molar refractivity (Wildman–Crippen MR) is 90.7 cm³/mol. The van der Waals surface area contributed by atoms with Gasteiger partial charge in [-0.2, -0.15) is 0 Å². The zero-order chi connectivity index (χ0) is 17.0. The number of allylic oxidation sites excluding steroid dienone is 2. The molecular formula is C19H18ClNO3. The van der Waals surface area contributed by atoms with Gasteiger partial charge in [0.25, 0.3) is 5.91 Å². The highest BCUT2D eigenvalue weighted by Gasteiger charge is 2.56. The summed E-state index contributed by atoms with van der Waals surface area (Å²) >= 11 is 5.94. The normalized spacial score (nSPS) is 34.4. The number of Topliss-reactive ketones (excluding diaryl/α,β-unsaturated/α-hetero) is 2. The van der Waals surface area contributed by atoms with Crippen LogP contribution in [0.5, 0.6) is 0 Å². The van der Waals surface area contributed by atoms with E-state index in [1.165, 1.54) is 6.92 Å². The van der Waals surface area contributed by atoms with Crippen LogP contribution in [0.4, 0.5) is 5.69 Å². The molecule has 1 heterocycles. The molecule has 1 saturated carbocycles. The number of fused-ring (bicyclic) bond motifs is 2. The van der Waals surface area contributed by atoms with Gasteiger partial charge in [0.15, 0.2) is 0 Å². The fraction of sp³-hybridized carbons (Fsp3) is 0.421. The van der Waals surface area contributed by atoms with Crippen LogP contribution in [-0.4, -0.2) is 23.5 Å². The van der Waals surface area contributed by atoms with Crippen molar-refractivity contribution in [2.24, 2.45) is 23.7 Å². The van der Waals surface area contributed by atoms with Crippen LogP contribution in [0.3, 0.4) is 0 Å². The molecule has 1 aliphatic heterocycles. The number of amides is 1. The minimum atomic E-state index is -0.856. The van der Waals surface area contributed by atoms with Crippen molar-refractivity contribution < 1.29 is 14.4 Å². The third kappa shape index (κ3) is 2.24. The molecule has 2 aliphatic carbocycles. The molecule has 2 fully saturated rings. The van der Waals surface area contributed by atoms with Crippen molar-refractivity contribution >= 4 is 34.8 Å². The fourth-order valence-electron chi connectivity index (χ4n) is 4.66. The lowest BCUT2D eigenvalue weighted by atomic mass is 9.79. The second kappa shape index (κ2) is 5.55. The zero-order valence-electron chi connectivity index (χ0n) is 13.3. The maximum atomic E-state index is 12.7. The van der Waals surface area contributed by atoms with Gasteiger partial charge in [0.1, 0.15) is 11.7 Å². The van der Waals surface area contributed by atoms with Crippen LogP contribution in [0.2, 0.25) is 5.02 Å². The quantitative estimate of drug-likeness (QED) is 0.481. The molecule has 4 rings (SSSR count). The Hall–Kier alpha value is -1.94. The summed E-state index contributed by atoms with van der Waals surface area (Å²) in [5, 5.41) is 0.569. The summed E-state index contributed by atoms with van der Waals surface area (Å²) in [6.45, 7) is 1.41. The van der Waals surface area contributed by atoms with E-state index in [0.717, 1.165) is 12.8 Å². The molecule has 0 spiro atoms. The first-order valence-corrected chi connectivity index (χ1v) is 8.67. The van der Waals surface area contributed by atoms with Crippen molar-refractivity contribution in [1.29, 1.82) is 0 Å². The molecule has 5 unspecified atom stereocenters. The zero-order valence-corrected chi connectivity index (χ0v) is 14.1. The average Bonchev–Trinajstić information content (AvgIpc) is 3.23. The third-order valence-electron chi connectivity index (χ3n) is 5.66. The first kappa shape index (κ1) is 15.6. The summed E-state index contributed by atoms with van der Waals surface area (Å²) in [4.78, 5) is 38.9. The number of carbonyl (C=O) groups excluding carboxylic acids is 3. The molecule has 1 aromatic rings. The molecular weight excluding hydrogens is 326 g/mol. The van der Waals surface area contributed by atoms with Crippen LogP contribution < -0.4 is 4.90 Å². The molecule has 1 aromatic carbocycles. The topological polar surface area (TPSA) is 54.5 Å². The molecule has 2 bridgehead atoms. The van der Waals surface area contributed by atoms with E-state index >= 15 is 0 Å². The Morgan fingerprint density at radius 2 is 1.83 bits per heavy atom. The highest BCUT2D eigenvalue weighted by molar-refractivity contribution is 6.48. The van der Waals surface area contributed by atoms with E-state index in [-0.39, 0.29) is 17.7 Å². The molecule has 24 heavy (non-hydrogen) atoms. The standard InChI is InChI=1S/C19H18ClNO3/c1-10(22)16-17(15-9-11-2-3-12(15)8-11)21(19(24)18(16)23)14-6-4-13(20)5-7-14/h2-7,11-12,15-17H,8-9H2,1H3. The minimum Gasteiger partial charge on any atom is -0.301 e. The van der Waals surface area contributed by atoms with Crippen LogP contribution in [0.15, 0.2) is 36.4 Å². The molecule has 3 aliphatic rings. The lowest BCUT2D eigenvalue weighted by molar-refractivity contribution is -0.138. The summed E-state index contributed by atoms with van der Waals surface area (Å²) in [6.07, 6.45) is 6.39. The van der Waals surface area contributed by atoms with Crippen molar-refractivity contribution in [3.8, 4) is 0 Å². The van der Waals surface area contributed by atoms with E-state index in [1.807, 2.05) is 0 Å². The van der Waals surface area contributed by atoms with Gasteiger partial charge in [-0.25, -0.2) is 0 Å². The van der Waals surface area contributed by atoms with Gasteiger partial charge < -0.3 is 4.90 Å². The number of rotatable bonds is 3. The van der Waals surface area contributed by atoms with Gasteiger partial charge >= 0.3 is 0 Å². The van der Waals surface area contributed by atoms with Crippen LogP contribution in [-0.2, 0) is 14.4 Å². The number of hydrogen-bond donors (Lipinski definition) is 0. The smallest absolute Gasteiger partial charge is 0.295 e. The first-order chi connectivity index (χ1) is 11.5. The Kier molecular flexibility index (Phi) is 3.61. The van der Waals surface area contributed by atoms with E-state index in [4.69, 9.17) is 11.6 Å². The van der Waals surface area contributed by atoms with Gasteiger partial charge in [0, 0.05) is 10.7 Å². The SMILES string of the molecule is CC(=O)C1C(=O)C(=O)N(c2ccc(Cl)cc2)C1C1CC2C=CC1C2. The van der Waals surface area contributed by atoms with E-state index in [9.17, 15) is 14.4 Å². The molecule has 4 nitrogen and oxygen atoms in total. The Morgan fingerprint density at radius 1 is 1.12 bits per heavy atom. The van der Waals surface area contributed by atoms with E-state index in [2.05, 4.69) is 12.2 Å². The number of anilines is 1. The Bertz CT molecular complexity index is 754. The summed E-state index contributed by atoms with van der Waals surface area (Å²) in [5.41, 5.74) is 0.637. The second-order valence-electron chi connectivity index (χ2n) is 7.04. The van der Waals surface area contributed by atoms with Crippen LogP contribution in [0, 0.1) is 23.7 Å². The Morgan fingerprint density at radius 3 is 2.38 bits per heavy atom. The van der Waals surface area contributed by atoms with Crippen LogP contribution in [0.1, 0.15) is 19.8 Å². The number of nitrogens with zero attached hydrogens (tertiary/aromatic N) is 1. The largest absolute Gasteiger partial charge is 0.301 e. The van der Waals surface area contributed by atoms with Gasteiger partial charge in [0.05, 0.1) is 6.04 Å². The summed E-state index contributed by atoms with van der Waals surface area (Å²) in [7, 11) is 0.